The second kappa shape index (κ2) is 7.28. The number of rotatable bonds is 4. The van der Waals surface area contributed by atoms with Gasteiger partial charge in [0.15, 0.2) is 0 Å². The first-order valence-corrected chi connectivity index (χ1v) is 7.66. The Morgan fingerprint density at radius 2 is 1.95 bits per heavy atom. The number of ether oxygens (including phenoxy) is 1. The van der Waals surface area contributed by atoms with E-state index in [1.807, 2.05) is 49.9 Å². The fourth-order valence-electron chi connectivity index (χ4n) is 2.75. The lowest BCUT2D eigenvalue weighted by Crippen LogP contribution is -2.52. The monoisotopic (exact) mass is 301 g/mol. The third-order valence-electron chi connectivity index (χ3n) is 3.72. The Morgan fingerprint density at radius 1 is 1.36 bits per heavy atom. The lowest BCUT2D eigenvalue weighted by molar-refractivity contribution is -0.143. The molecule has 1 fully saturated rings. The van der Waals surface area contributed by atoms with Crippen molar-refractivity contribution in [2.45, 2.75) is 45.4 Å². The Balaban J connectivity index is 1.94. The smallest absolute Gasteiger partial charge is 0.244 e. The largest absolute Gasteiger partial charge is 0.374 e. The van der Waals surface area contributed by atoms with Crippen molar-refractivity contribution in [3.63, 3.8) is 0 Å². The molecule has 1 saturated heterocycles. The van der Waals surface area contributed by atoms with Crippen LogP contribution in [0.4, 0.5) is 5.69 Å². The molecule has 0 spiro atoms. The Hall–Kier alpha value is -2.06. The molecular formula is C17H23N3O2. The highest BCUT2D eigenvalue weighted by molar-refractivity contribution is 5.84. The number of hydrogen-bond acceptors (Lipinski definition) is 4. The van der Waals surface area contributed by atoms with Gasteiger partial charge in [-0.2, -0.15) is 5.26 Å². The van der Waals surface area contributed by atoms with Gasteiger partial charge in [-0.15, -0.1) is 0 Å². The van der Waals surface area contributed by atoms with E-state index in [9.17, 15) is 4.79 Å². The molecule has 1 amide bonds. The summed E-state index contributed by atoms with van der Waals surface area (Å²) in [6.45, 7) is 7.12. The number of amides is 1. The molecule has 1 aliphatic heterocycles. The summed E-state index contributed by atoms with van der Waals surface area (Å²) in [5, 5.41) is 11.9. The van der Waals surface area contributed by atoms with Gasteiger partial charge in [0, 0.05) is 18.8 Å². The molecule has 5 heteroatoms. The fraction of sp³-hybridized carbons (Fsp3) is 0.529. The first-order chi connectivity index (χ1) is 10.5. The standard InChI is InChI=1S/C17H23N3O2/c1-12-10-20(11-13(2)22-12)17(21)14(3)19-16-6-4-15(5-7-16)8-9-18/h4-7,12-14,19H,8,10-11H2,1-3H3/t12-,13+,14-/m1/s1. The van der Waals surface area contributed by atoms with Crippen LogP contribution in [0.3, 0.4) is 0 Å². The Labute approximate surface area is 131 Å². The number of nitriles is 1. The summed E-state index contributed by atoms with van der Waals surface area (Å²) in [5.74, 6) is 0.0862. The number of morpholine rings is 1. The van der Waals surface area contributed by atoms with Gasteiger partial charge in [-0.25, -0.2) is 0 Å². The van der Waals surface area contributed by atoms with E-state index in [1.165, 1.54) is 0 Å². The van der Waals surface area contributed by atoms with E-state index in [0.717, 1.165) is 11.3 Å². The molecule has 1 heterocycles. The van der Waals surface area contributed by atoms with Gasteiger partial charge in [0.25, 0.3) is 0 Å². The molecule has 0 aliphatic carbocycles. The van der Waals surface area contributed by atoms with Crippen LogP contribution in [0.15, 0.2) is 24.3 Å². The molecule has 118 valence electrons. The first kappa shape index (κ1) is 16.3. The van der Waals surface area contributed by atoms with Crippen LogP contribution in [-0.4, -0.2) is 42.1 Å². The molecule has 1 aliphatic rings. The van der Waals surface area contributed by atoms with Crippen molar-refractivity contribution in [2.75, 3.05) is 18.4 Å². The van der Waals surface area contributed by atoms with Crippen molar-refractivity contribution in [3.8, 4) is 6.07 Å². The Bertz CT molecular complexity index is 540. The molecule has 0 bridgehead atoms. The van der Waals surface area contributed by atoms with Gasteiger partial charge >= 0.3 is 0 Å². The Morgan fingerprint density at radius 3 is 2.50 bits per heavy atom. The van der Waals surface area contributed by atoms with Crippen molar-refractivity contribution in [1.82, 2.24) is 4.90 Å². The molecule has 5 nitrogen and oxygen atoms in total. The number of nitrogens with one attached hydrogen (secondary N) is 1. The van der Waals surface area contributed by atoms with Crippen LogP contribution in [0.5, 0.6) is 0 Å². The molecule has 3 atom stereocenters. The second-order valence-corrected chi connectivity index (χ2v) is 5.90. The van der Waals surface area contributed by atoms with E-state index in [-0.39, 0.29) is 24.2 Å². The predicted octanol–water partition coefficient (Wildman–Crippen LogP) is 2.19. The SMILES string of the molecule is C[C@@H]1CN(C(=O)[C@@H](C)Nc2ccc(CC#N)cc2)C[C@H](C)O1. The fourth-order valence-corrected chi connectivity index (χ4v) is 2.75. The van der Waals surface area contributed by atoms with Crippen LogP contribution >= 0.6 is 0 Å². The highest BCUT2D eigenvalue weighted by Gasteiger charge is 2.28. The summed E-state index contributed by atoms with van der Waals surface area (Å²) in [6, 6.07) is 9.44. The number of nitrogens with zero attached hydrogens (tertiary/aromatic N) is 2. The maximum Gasteiger partial charge on any atom is 0.244 e. The van der Waals surface area contributed by atoms with Crippen molar-refractivity contribution < 1.29 is 9.53 Å². The molecule has 0 aromatic heterocycles. The maximum absolute atomic E-state index is 12.5. The average molecular weight is 301 g/mol. The summed E-state index contributed by atoms with van der Waals surface area (Å²) in [6.07, 6.45) is 0.550. The second-order valence-electron chi connectivity index (χ2n) is 5.90. The van der Waals surface area contributed by atoms with Crippen molar-refractivity contribution >= 4 is 11.6 Å². The Kier molecular flexibility index (Phi) is 5.40. The molecule has 1 N–H and O–H groups in total. The van der Waals surface area contributed by atoms with Crippen molar-refractivity contribution in [3.05, 3.63) is 29.8 Å². The van der Waals surface area contributed by atoms with Gasteiger partial charge < -0.3 is 15.0 Å². The minimum atomic E-state index is -0.292. The molecule has 0 radical (unpaired) electrons. The molecule has 0 unspecified atom stereocenters. The van der Waals surface area contributed by atoms with Crippen LogP contribution in [0.1, 0.15) is 26.3 Å². The summed E-state index contributed by atoms with van der Waals surface area (Å²) in [7, 11) is 0. The van der Waals surface area contributed by atoms with E-state index in [2.05, 4.69) is 11.4 Å². The van der Waals surface area contributed by atoms with E-state index in [1.54, 1.807) is 0 Å². The zero-order valence-corrected chi connectivity index (χ0v) is 13.4. The number of anilines is 1. The van der Waals surface area contributed by atoms with Crippen LogP contribution in [-0.2, 0) is 16.0 Å². The van der Waals surface area contributed by atoms with E-state index in [4.69, 9.17) is 10.00 Å². The van der Waals surface area contributed by atoms with Crippen LogP contribution < -0.4 is 5.32 Å². The lowest BCUT2D eigenvalue weighted by atomic mass is 10.1. The summed E-state index contributed by atoms with van der Waals surface area (Å²) < 4.78 is 5.66. The van der Waals surface area contributed by atoms with Gasteiger partial charge in [-0.1, -0.05) is 12.1 Å². The minimum absolute atomic E-state index is 0.0742. The highest BCUT2D eigenvalue weighted by Crippen LogP contribution is 2.15. The summed E-state index contributed by atoms with van der Waals surface area (Å²) in [5.41, 5.74) is 1.86. The maximum atomic E-state index is 12.5. The van der Waals surface area contributed by atoms with Gasteiger partial charge in [0.2, 0.25) is 5.91 Å². The quantitative estimate of drug-likeness (QED) is 0.926. The minimum Gasteiger partial charge on any atom is -0.374 e. The van der Waals surface area contributed by atoms with E-state index < -0.39 is 0 Å². The van der Waals surface area contributed by atoms with Crippen molar-refractivity contribution in [1.29, 1.82) is 5.26 Å². The number of hydrogen-bond donors (Lipinski definition) is 1. The van der Waals surface area contributed by atoms with Crippen molar-refractivity contribution in [2.24, 2.45) is 0 Å². The molecule has 0 saturated carbocycles. The molecule has 2 rings (SSSR count). The molecular weight excluding hydrogens is 278 g/mol. The van der Waals surface area contributed by atoms with Gasteiger partial charge in [-0.3, -0.25) is 4.79 Å². The predicted molar refractivity (Wildman–Crippen MR) is 85.4 cm³/mol. The van der Waals surface area contributed by atoms with E-state index in [0.29, 0.717) is 19.5 Å². The third-order valence-corrected chi connectivity index (χ3v) is 3.72. The van der Waals surface area contributed by atoms with Gasteiger partial charge in [-0.05, 0) is 38.5 Å². The topological polar surface area (TPSA) is 65.4 Å². The van der Waals surface area contributed by atoms with Crippen LogP contribution in [0.2, 0.25) is 0 Å². The first-order valence-electron chi connectivity index (χ1n) is 7.66. The molecule has 1 aromatic rings. The molecule has 1 aromatic carbocycles. The summed E-state index contributed by atoms with van der Waals surface area (Å²) >= 11 is 0. The average Bonchev–Trinajstić information content (AvgIpc) is 2.47. The summed E-state index contributed by atoms with van der Waals surface area (Å²) in [4.78, 5) is 14.4. The van der Waals surface area contributed by atoms with Gasteiger partial charge in [0.05, 0.1) is 24.7 Å². The van der Waals surface area contributed by atoms with E-state index >= 15 is 0 Å². The van der Waals surface area contributed by atoms with Crippen LogP contribution in [0.25, 0.3) is 0 Å². The number of carbonyl (C=O) groups is 1. The lowest BCUT2D eigenvalue weighted by Gasteiger charge is -2.36. The zero-order valence-electron chi connectivity index (χ0n) is 13.4. The number of benzene rings is 1. The highest BCUT2D eigenvalue weighted by atomic mass is 16.5. The molecule has 22 heavy (non-hydrogen) atoms. The zero-order chi connectivity index (χ0) is 16.1. The number of carbonyl (C=O) groups excluding carboxylic acids is 1. The van der Waals surface area contributed by atoms with Gasteiger partial charge in [0.1, 0.15) is 6.04 Å². The van der Waals surface area contributed by atoms with Crippen LogP contribution in [0, 0.1) is 11.3 Å². The third kappa shape index (κ3) is 4.22. The normalized spacial score (nSPS) is 22.7.